The zero-order chi connectivity index (χ0) is 18.4. The minimum Gasteiger partial charge on any atom is -0.421 e. The molecule has 0 saturated heterocycles. The molecule has 0 unspecified atom stereocenters. The van der Waals surface area contributed by atoms with E-state index in [1.807, 2.05) is 37.3 Å². The second-order valence-electron chi connectivity index (χ2n) is 5.65. The zero-order valence-corrected chi connectivity index (χ0v) is 14.2. The maximum Gasteiger partial charge on any atom is 0.322 e. The Morgan fingerprint density at radius 3 is 2.38 bits per heavy atom. The molecule has 6 heteroatoms. The molecule has 26 heavy (non-hydrogen) atoms. The third kappa shape index (κ3) is 4.22. The van der Waals surface area contributed by atoms with Crippen molar-refractivity contribution in [1.29, 1.82) is 0 Å². The van der Waals surface area contributed by atoms with Crippen LogP contribution in [0.15, 0.2) is 67.0 Å². The molecule has 132 valence electrons. The van der Waals surface area contributed by atoms with E-state index < -0.39 is 5.82 Å². The van der Waals surface area contributed by atoms with E-state index in [9.17, 15) is 9.18 Å². The first-order valence-corrected chi connectivity index (χ1v) is 8.27. The standard InChI is InChI=1S/C20H18FN3O2/c1-2-16(14-8-4-3-5-9-14)19(25)24-15-12-22-20(23-13-15)26-18-11-7-6-10-17(18)21/h3-13,16H,2H2,1H3,(H,24,25)/t16-/m0/s1. The van der Waals surface area contributed by atoms with E-state index in [0.717, 1.165) is 5.56 Å². The van der Waals surface area contributed by atoms with Crippen molar-refractivity contribution < 1.29 is 13.9 Å². The summed E-state index contributed by atoms with van der Waals surface area (Å²) in [5.74, 6) is -0.850. The molecule has 0 radical (unpaired) electrons. The van der Waals surface area contributed by atoms with Gasteiger partial charge in [0.15, 0.2) is 11.6 Å². The van der Waals surface area contributed by atoms with Crippen molar-refractivity contribution in [3.8, 4) is 11.8 Å². The fraction of sp³-hybridized carbons (Fsp3) is 0.150. The molecule has 0 aliphatic heterocycles. The number of halogens is 1. The maximum atomic E-state index is 13.6. The van der Waals surface area contributed by atoms with Crippen LogP contribution in [0, 0.1) is 5.82 Å². The molecule has 3 rings (SSSR count). The van der Waals surface area contributed by atoms with Crippen molar-refractivity contribution in [2.24, 2.45) is 0 Å². The first-order valence-electron chi connectivity index (χ1n) is 8.27. The van der Waals surface area contributed by atoms with Gasteiger partial charge in [-0.25, -0.2) is 14.4 Å². The van der Waals surface area contributed by atoms with Gasteiger partial charge in [0.25, 0.3) is 0 Å². The summed E-state index contributed by atoms with van der Waals surface area (Å²) in [4.78, 5) is 20.5. The Balaban J connectivity index is 1.67. The van der Waals surface area contributed by atoms with Crippen molar-refractivity contribution in [2.75, 3.05) is 5.32 Å². The first-order chi connectivity index (χ1) is 12.7. The van der Waals surface area contributed by atoms with Crippen LogP contribution in [0.3, 0.4) is 0 Å². The summed E-state index contributed by atoms with van der Waals surface area (Å²) < 4.78 is 18.9. The molecule has 3 aromatic rings. The van der Waals surface area contributed by atoms with Crippen molar-refractivity contribution >= 4 is 11.6 Å². The van der Waals surface area contributed by atoms with Crippen LogP contribution >= 0.6 is 0 Å². The fourth-order valence-electron chi connectivity index (χ4n) is 2.55. The molecule has 0 fully saturated rings. The third-order valence-corrected chi connectivity index (χ3v) is 3.86. The molecule has 1 aromatic heterocycles. The van der Waals surface area contributed by atoms with Gasteiger partial charge in [-0.15, -0.1) is 0 Å². The summed E-state index contributed by atoms with van der Waals surface area (Å²) in [7, 11) is 0. The van der Waals surface area contributed by atoms with Gasteiger partial charge in [-0.3, -0.25) is 4.79 Å². The number of carbonyl (C=O) groups is 1. The van der Waals surface area contributed by atoms with Crippen LogP contribution in [0.5, 0.6) is 11.8 Å². The van der Waals surface area contributed by atoms with Gasteiger partial charge in [-0.05, 0) is 24.1 Å². The van der Waals surface area contributed by atoms with Crippen LogP contribution in [0.25, 0.3) is 0 Å². The fourth-order valence-corrected chi connectivity index (χ4v) is 2.55. The van der Waals surface area contributed by atoms with Gasteiger partial charge in [-0.1, -0.05) is 49.4 Å². The number of anilines is 1. The van der Waals surface area contributed by atoms with Crippen molar-refractivity contribution in [1.82, 2.24) is 9.97 Å². The minimum absolute atomic E-state index is 0.00296. The first kappa shape index (κ1) is 17.5. The van der Waals surface area contributed by atoms with Crippen LogP contribution < -0.4 is 10.1 Å². The van der Waals surface area contributed by atoms with Crippen LogP contribution in [-0.2, 0) is 4.79 Å². The lowest BCUT2D eigenvalue weighted by Gasteiger charge is -2.15. The number of benzene rings is 2. The topological polar surface area (TPSA) is 64.1 Å². The van der Waals surface area contributed by atoms with E-state index in [1.54, 1.807) is 12.1 Å². The Morgan fingerprint density at radius 2 is 1.73 bits per heavy atom. The molecule has 1 N–H and O–H groups in total. The Bertz CT molecular complexity index is 870. The molecule has 2 aromatic carbocycles. The quantitative estimate of drug-likeness (QED) is 0.708. The highest BCUT2D eigenvalue weighted by Gasteiger charge is 2.18. The largest absolute Gasteiger partial charge is 0.421 e. The number of rotatable bonds is 6. The average molecular weight is 351 g/mol. The summed E-state index contributed by atoms with van der Waals surface area (Å²) in [6, 6.07) is 15.6. The van der Waals surface area contributed by atoms with Gasteiger partial charge >= 0.3 is 6.01 Å². The number of aromatic nitrogens is 2. The number of para-hydroxylation sites is 1. The highest BCUT2D eigenvalue weighted by Crippen LogP contribution is 2.23. The van der Waals surface area contributed by atoms with E-state index in [-0.39, 0.29) is 23.6 Å². The molecule has 1 amide bonds. The zero-order valence-electron chi connectivity index (χ0n) is 14.2. The Labute approximate surface area is 150 Å². The Morgan fingerprint density at radius 1 is 1.08 bits per heavy atom. The summed E-state index contributed by atoms with van der Waals surface area (Å²) in [6.07, 6.45) is 3.53. The number of nitrogens with one attached hydrogen (secondary N) is 1. The van der Waals surface area contributed by atoms with Gasteiger partial charge in [-0.2, -0.15) is 0 Å². The van der Waals surface area contributed by atoms with Crippen molar-refractivity contribution in [3.63, 3.8) is 0 Å². The van der Waals surface area contributed by atoms with E-state index in [1.165, 1.54) is 24.5 Å². The predicted molar refractivity (Wildman–Crippen MR) is 96.6 cm³/mol. The third-order valence-electron chi connectivity index (χ3n) is 3.86. The van der Waals surface area contributed by atoms with Crippen molar-refractivity contribution in [2.45, 2.75) is 19.3 Å². The summed E-state index contributed by atoms with van der Waals surface area (Å²) >= 11 is 0. The van der Waals surface area contributed by atoms with Crippen LogP contribution in [0.4, 0.5) is 10.1 Å². The van der Waals surface area contributed by atoms with Crippen LogP contribution in [-0.4, -0.2) is 15.9 Å². The second kappa shape index (κ2) is 8.20. The van der Waals surface area contributed by atoms with Gasteiger partial charge in [0, 0.05) is 0 Å². The number of amides is 1. The number of ether oxygens (including phenoxy) is 1. The SMILES string of the molecule is CC[C@H](C(=O)Nc1cnc(Oc2ccccc2F)nc1)c1ccccc1. The molecule has 0 aliphatic rings. The van der Waals surface area contributed by atoms with Gasteiger partial charge in [0.1, 0.15) is 0 Å². The summed E-state index contributed by atoms with van der Waals surface area (Å²) in [6.45, 7) is 1.96. The molecular weight excluding hydrogens is 333 g/mol. The lowest BCUT2D eigenvalue weighted by molar-refractivity contribution is -0.117. The normalized spacial score (nSPS) is 11.6. The Kier molecular flexibility index (Phi) is 5.53. The Hall–Kier alpha value is -3.28. The van der Waals surface area contributed by atoms with E-state index in [0.29, 0.717) is 12.1 Å². The molecule has 0 spiro atoms. The van der Waals surface area contributed by atoms with Gasteiger partial charge in [0.05, 0.1) is 24.0 Å². The summed E-state index contributed by atoms with van der Waals surface area (Å²) in [5.41, 5.74) is 1.40. The van der Waals surface area contributed by atoms with Crippen LogP contribution in [0.1, 0.15) is 24.8 Å². The predicted octanol–water partition coefficient (Wildman–Crippen LogP) is 4.54. The molecule has 1 atom stereocenters. The van der Waals surface area contributed by atoms with E-state index in [2.05, 4.69) is 15.3 Å². The van der Waals surface area contributed by atoms with Crippen LogP contribution in [0.2, 0.25) is 0 Å². The van der Waals surface area contributed by atoms with Crippen molar-refractivity contribution in [3.05, 3.63) is 78.4 Å². The lowest BCUT2D eigenvalue weighted by atomic mass is 9.95. The van der Waals surface area contributed by atoms with Gasteiger partial charge in [0.2, 0.25) is 5.91 Å². The van der Waals surface area contributed by atoms with Gasteiger partial charge < -0.3 is 10.1 Å². The lowest BCUT2D eigenvalue weighted by Crippen LogP contribution is -2.20. The van der Waals surface area contributed by atoms with E-state index in [4.69, 9.17) is 4.74 Å². The molecule has 5 nitrogen and oxygen atoms in total. The maximum absolute atomic E-state index is 13.6. The second-order valence-corrected chi connectivity index (χ2v) is 5.65. The monoisotopic (exact) mass is 351 g/mol. The number of hydrogen-bond donors (Lipinski definition) is 1. The molecule has 1 heterocycles. The molecule has 0 saturated carbocycles. The smallest absolute Gasteiger partial charge is 0.322 e. The number of nitrogens with zero attached hydrogens (tertiary/aromatic N) is 2. The average Bonchev–Trinajstić information content (AvgIpc) is 2.67. The molecular formula is C20H18FN3O2. The molecule has 0 bridgehead atoms. The molecule has 0 aliphatic carbocycles. The van der Waals surface area contributed by atoms with E-state index >= 15 is 0 Å². The number of hydrogen-bond acceptors (Lipinski definition) is 4. The highest BCUT2D eigenvalue weighted by molar-refractivity contribution is 5.95. The summed E-state index contributed by atoms with van der Waals surface area (Å²) in [5, 5.41) is 2.80. The highest BCUT2D eigenvalue weighted by atomic mass is 19.1. The number of carbonyl (C=O) groups excluding carboxylic acids is 1. The minimum atomic E-state index is -0.498.